The Balaban J connectivity index is 2.50. The summed E-state index contributed by atoms with van der Waals surface area (Å²) in [4.78, 5) is 11.5. The lowest BCUT2D eigenvalue weighted by Gasteiger charge is -2.17. The van der Waals surface area contributed by atoms with Crippen molar-refractivity contribution in [3.8, 4) is 0 Å². The second-order valence-electron chi connectivity index (χ2n) is 4.69. The Kier molecular flexibility index (Phi) is 4.48. The third-order valence-electron chi connectivity index (χ3n) is 2.09. The molecule has 5 heteroatoms. The number of carbonyl (C=O) groups is 1. The molecule has 0 bridgehead atoms. The topological polar surface area (TPSA) is 55.1 Å². The molecule has 0 saturated heterocycles. The lowest BCUT2D eigenvalue weighted by Crippen LogP contribution is -2.38. The SMILES string of the molecule is CC(C)(N)CC(=O)NCc1ccc(F)c(Cl)c1. The first-order valence-corrected chi connectivity index (χ1v) is 5.65. The van der Waals surface area contributed by atoms with Gasteiger partial charge in [-0.05, 0) is 31.5 Å². The lowest BCUT2D eigenvalue weighted by molar-refractivity contribution is -0.122. The zero-order chi connectivity index (χ0) is 13.1. The summed E-state index contributed by atoms with van der Waals surface area (Å²) in [6, 6.07) is 4.34. The highest BCUT2D eigenvalue weighted by molar-refractivity contribution is 6.30. The molecule has 1 aromatic carbocycles. The highest BCUT2D eigenvalue weighted by Crippen LogP contribution is 2.15. The molecule has 0 fully saturated rings. The van der Waals surface area contributed by atoms with Crippen LogP contribution in [0, 0.1) is 5.82 Å². The maximum Gasteiger partial charge on any atom is 0.222 e. The third kappa shape index (κ3) is 5.15. The van der Waals surface area contributed by atoms with E-state index in [0.717, 1.165) is 5.56 Å². The van der Waals surface area contributed by atoms with Crippen molar-refractivity contribution in [1.29, 1.82) is 0 Å². The summed E-state index contributed by atoms with van der Waals surface area (Å²) in [5, 5.41) is 2.75. The molecule has 0 aliphatic rings. The fraction of sp³-hybridized carbons (Fsp3) is 0.417. The van der Waals surface area contributed by atoms with Gasteiger partial charge in [-0.15, -0.1) is 0 Å². The normalized spacial score (nSPS) is 11.4. The van der Waals surface area contributed by atoms with Crippen LogP contribution in [-0.4, -0.2) is 11.4 Å². The van der Waals surface area contributed by atoms with Crippen LogP contribution in [0.15, 0.2) is 18.2 Å². The van der Waals surface area contributed by atoms with Crippen molar-refractivity contribution in [3.63, 3.8) is 0 Å². The standard InChI is InChI=1S/C12H16ClFN2O/c1-12(2,15)6-11(17)16-7-8-3-4-10(14)9(13)5-8/h3-5H,6-7,15H2,1-2H3,(H,16,17). The molecule has 94 valence electrons. The van der Waals surface area contributed by atoms with Gasteiger partial charge in [-0.1, -0.05) is 17.7 Å². The van der Waals surface area contributed by atoms with E-state index in [9.17, 15) is 9.18 Å². The molecule has 3 N–H and O–H groups in total. The number of hydrogen-bond donors (Lipinski definition) is 2. The maximum absolute atomic E-state index is 12.9. The van der Waals surface area contributed by atoms with Crippen molar-refractivity contribution in [2.75, 3.05) is 0 Å². The summed E-state index contributed by atoms with van der Waals surface area (Å²) < 4.78 is 12.9. The van der Waals surface area contributed by atoms with Gasteiger partial charge >= 0.3 is 0 Å². The molecule has 0 spiro atoms. The van der Waals surface area contributed by atoms with Gasteiger partial charge in [0.05, 0.1) is 5.02 Å². The van der Waals surface area contributed by atoms with Gasteiger partial charge in [-0.25, -0.2) is 4.39 Å². The monoisotopic (exact) mass is 258 g/mol. The molecule has 1 amide bonds. The summed E-state index contributed by atoms with van der Waals surface area (Å²) >= 11 is 5.63. The van der Waals surface area contributed by atoms with E-state index < -0.39 is 11.4 Å². The van der Waals surface area contributed by atoms with Crippen LogP contribution in [0.3, 0.4) is 0 Å². The molecule has 3 nitrogen and oxygen atoms in total. The average molecular weight is 259 g/mol. The first-order valence-electron chi connectivity index (χ1n) is 5.27. The summed E-state index contributed by atoms with van der Waals surface area (Å²) in [7, 11) is 0. The molecule has 17 heavy (non-hydrogen) atoms. The minimum absolute atomic E-state index is 0.0518. The summed E-state index contributed by atoms with van der Waals surface area (Å²) in [5.41, 5.74) is 5.93. The predicted molar refractivity (Wildman–Crippen MR) is 66.1 cm³/mol. The van der Waals surface area contributed by atoms with E-state index in [1.54, 1.807) is 19.9 Å². The molecular weight excluding hydrogens is 243 g/mol. The van der Waals surface area contributed by atoms with Crippen LogP contribution >= 0.6 is 11.6 Å². The van der Waals surface area contributed by atoms with Crippen molar-refractivity contribution in [3.05, 3.63) is 34.6 Å². The van der Waals surface area contributed by atoms with Gasteiger partial charge in [0.15, 0.2) is 0 Å². The van der Waals surface area contributed by atoms with Gasteiger partial charge in [-0.2, -0.15) is 0 Å². The Hall–Kier alpha value is -1.13. The largest absolute Gasteiger partial charge is 0.352 e. The number of hydrogen-bond acceptors (Lipinski definition) is 2. The van der Waals surface area contributed by atoms with E-state index in [1.807, 2.05) is 0 Å². The van der Waals surface area contributed by atoms with Gasteiger partial charge in [0.1, 0.15) is 5.82 Å². The van der Waals surface area contributed by atoms with Crippen LogP contribution in [0.2, 0.25) is 5.02 Å². The van der Waals surface area contributed by atoms with E-state index >= 15 is 0 Å². The number of rotatable bonds is 4. The summed E-state index contributed by atoms with van der Waals surface area (Å²) in [6.45, 7) is 3.87. The lowest BCUT2D eigenvalue weighted by atomic mass is 10.0. The minimum Gasteiger partial charge on any atom is -0.352 e. The second-order valence-corrected chi connectivity index (χ2v) is 5.10. The van der Waals surface area contributed by atoms with Crippen LogP contribution in [-0.2, 0) is 11.3 Å². The van der Waals surface area contributed by atoms with E-state index in [0.29, 0.717) is 6.54 Å². The number of nitrogens with one attached hydrogen (secondary N) is 1. The number of halogens is 2. The van der Waals surface area contributed by atoms with Gasteiger partial charge in [0.25, 0.3) is 0 Å². The quantitative estimate of drug-likeness (QED) is 0.870. The molecule has 0 radical (unpaired) electrons. The third-order valence-corrected chi connectivity index (χ3v) is 2.38. The van der Waals surface area contributed by atoms with Crippen LogP contribution < -0.4 is 11.1 Å². The number of carbonyl (C=O) groups excluding carboxylic acids is 1. The predicted octanol–water partition coefficient (Wildman–Crippen LogP) is 2.22. The van der Waals surface area contributed by atoms with Crippen molar-refractivity contribution in [2.24, 2.45) is 5.73 Å². The molecular formula is C12H16ClFN2O. The molecule has 0 aliphatic heterocycles. The Labute approximate surface area is 105 Å². The average Bonchev–Trinajstić information content (AvgIpc) is 2.17. The van der Waals surface area contributed by atoms with Crippen LogP contribution in [0.25, 0.3) is 0 Å². The van der Waals surface area contributed by atoms with E-state index in [4.69, 9.17) is 17.3 Å². The molecule has 0 heterocycles. The zero-order valence-electron chi connectivity index (χ0n) is 9.89. The second kappa shape index (κ2) is 5.47. The molecule has 0 unspecified atom stereocenters. The zero-order valence-corrected chi connectivity index (χ0v) is 10.6. The summed E-state index contributed by atoms with van der Waals surface area (Å²) in [5.74, 6) is -0.609. The van der Waals surface area contributed by atoms with Crippen LogP contribution in [0.4, 0.5) is 4.39 Å². The van der Waals surface area contributed by atoms with Crippen molar-refractivity contribution < 1.29 is 9.18 Å². The first kappa shape index (κ1) is 13.9. The Morgan fingerprint density at radius 1 is 1.53 bits per heavy atom. The molecule has 0 aromatic heterocycles. The fourth-order valence-corrected chi connectivity index (χ4v) is 1.53. The Morgan fingerprint density at radius 3 is 2.71 bits per heavy atom. The number of nitrogens with two attached hydrogens (primary N) is 1. The summed E-state index contributed by atoms with van der Waals surface area (Å²) in [6.07, 6.45) is 0.238. The van der Waals surface area contributed by atoms with E-state index in [1.165, 1.54) is 12.1 Å². The van der Waals surface area contributed by atoms with Crippen molar-refractivity contribution in [2.45, 2.75) is 32.4 Å². The highest BCUT2D eigenvalue weighted by Gasteiger charge is 2.15. The maximum atomic E-state index is 12.9. The highest BCUT2D eigenvalue weighted by atomic mass is 35.5. The minimum atomic E-state index is -0.537. The van der Waals surface area contributed by atoms with Gasteiger partial charge in [-0.3, -0.25) is 4.79 Å². The molecule has 1 aromatic rings. The van der Waals surface area contributed by atoms with Crippen LogP contribution in [0.1, 0.15) is 25.8 Å². The van der Waals surface area contributed by atoms with E-state index in [2.05, 4.69) is 5.32 Å². The van der Waals surface area contributed by atoms with Gasteiger partial charge < -0.3 is 11.1 Å². The Morgan fingerprint density at radius 2 is 2.18 bits per heavy atom. The molecule has 0 saturated carbocycles. The Bertz CT molecular complexity index is 415. The molecule has 0 aliphatic carbocycles. The smallest absolute Gasteiger partial charge is 0.222 e. The number of amides is 1. The fourth-order valence-electron chi connectivity index (χ4n) is 1.33. The van der Waals surface area contributed by atoms with E-state index in [-0.39, 0.29) is 17.4 Å². The molecule has 0 atom stereocenters. The molecule has 1 rings (SSSR count). The number of benzene rings is 1. The first-order chi connectivity index (χ1) is 7.78. The van der Waals surface area contributed by atoms with Crippen molar-refractivity contribution in [1.82, 2.24) is 5.32 Å². The van der Waals surface area contributed by atoms with Gasteiger partial charge in [0, 0.05) is 18.5 Å². The van der Waals surface area contributed by atoms with Crippen LogP contribution in [0.5, 0.6) is 0 Å². The van der Waals surface area contributed by atoms with Crippen molar-refractivity contribution >= 4 is 17.5 Å². The van der Waals surface area contributed by atoms with Gasteiger partial charge in [0.2, 0.25) is 5.91 Å².